The second-order valence-corrected chi connectivity index (χ2v) is 6.26. The molecule has 0 aliphatic heterocycles. The molecule has 0 saturated carbocycles. The summed E-state index contributed by atoms with van der Waals surface area (Å²) in [7, 11) is 0. The Hall–Kier alpha value is -1.12. The minimum Gasteiger partial charge on any atom is -0.293 e. The van der Waals surface area contributed by atoms with Gasteiger partial charge in [0.05, 0.1) is 0 Å². The van der Waals surface area contributed by atoms with E-state index in [2.05, 4.69) is 30.6 Å². The molecule has 17 heavy (non-hydrogen) atoms. The molecule has 0 fully saturated rings. The maximum atomic E-state index is 11.6. The minimum absolute atomic E-state index is 0.107. The van der Waals surface area contributed by atoms with Crippen molar-refractivity contribution in [2.75, 3.05) is 0 Å². The first-order valence-electron chi connectivity index (χ1n) is 6.48. The Labute approximate surface area is 103 Å². The highest BCUT2D eigenvalue weighted by Crippen LogP contribution is 2.27. The lowest BCUT2D eigenvalue weighted by atomic mass is 9.93. The smallest absolute Gasteiger partial charge is 0.180 e. The molecule has 1 aromatic heterocycles. The monoisotopic (exact) mass is 234 g/mol. The number of rotatable bonds is 2. The quantitative estimate of drug-likeness (QED) is 0.737. The van der Waals surface area contributed by atoms with Gasteiger partial charge in [-0.2, -0.15) is 5.10 Å². The first-order valence-corrected chi connectivity index (χ1v) is 6.48. The fourth-order valence-electron chi connectivity index (χ4n) is 2.53. The SMILES string of the molecule is CC(=O)c1nn(CC(C)(C)C)c2c1CCCC2. The molecule has 0 radical (unpaired) electrons. The Kier molecular flexibility index (Phi) is 3.11. The molecule has 1 aliphatic carbocycles. The average molecular weight is 234 g/mol. The van der Waals surface area contributed by atoms with Crippen LogP contribution < -0.4 is 0 Å². The fourth-order valence-corrected chi connectivity index (χ4v) is 2.53. The van der Waals surface area contributed by atoms with Gasteiger partial charge in [-0.1, -0.05) is 20.8 Å². The molecule has 0 spiro atoms. The van der Waals surface area contributed by atoms with Crippen molar-refractivity contribution in [2.24, 2.45) is 5.41 Å². The molecule has 1 heterocycles. The number of hydrogen-bond donors (Lipinski definition) is 0. The van der Waals surface area contributed by atoms with Crippen LogP contribution in [-0.4, -0.2) is 15.6 Å². The van der Waals surface area contributed by atoms with Crippen molar-refractivity contribution in [2.45, 2.75) is 59.9 Å². The molecule has 1 aromatic rings. The fraction of sp³-hybridized carbons (Fsp3) is 0.714. The van der Waals surface area contributed by atoms with E-state index in [1.54, 1.807) is 6.92 Å². The molecule has 2 rings (SSSR count). The van der Waals surface area contributed by atoms with E-state index < -0.39 is 0 Å². The van der Waals surface area contributed by atoms with Gasteiger partial charge in [0, 0.05) is 24.7 Å². The second-order valence-electron chi connectivity index (χ2n) is 6.26. The van der Waals surface area contributed by atoms with E-state index in [0.29, 0.717) is 5.69 Å². The summed E-state index contributed by atoms with van der Waals surface area (Å²) in [6.45, 7) is 9.13. The Morgan fingerprint density at radius 3 is 2.53 bits per heavy atom. The van der Waals surface area contributed by atoms with E-state index >= 15 is 0 Å². The van der Waals surface area contributed by atoms with E-state index in [1.807, 2.05) is 0 Å². The summed E-state index contributed by atoms with van der Waals surface area (Å²) in [5.41, 5.74) is 3.43. The van der Waals surface area contributed by atoms with Crippen LogP contribution in [0.25, 0.3) is 0 Å². The van der Waals surface area contributed by atoms with E-state index in [9.17, 15) is 4.79 Å². The van der Waals surface area contributed by atoms with Crippen molar-refractivity contribution in [3.63, 3.8) is 0 Å². The van der Waals surface area contributed by atoms with Crippen molar-refractivity contribution in [3.8, 4) is 0 Å². The van der Waals surface area contributed by atoms with E-state index in [4.69, 9.17) is 0 Å². The highest BCUT2D eigenvalue weighted by Gasteiger charge is 2.24. The van der Waals surface area contributed by atoms with Crippen LogP contribution in [0, 0.1) is 5.41 Å². The van der Waals surface area contributed by atoms with Gasteiger partial charge in [0.25, 0.3) is 0 Å². The third-order valence-corrected chi connectivity index (χ3v) is 3.21. The molecule has 94 valence electrons. The summed E-state index contributed by atoms with van der Waals surface area (Å²) in [6.07, 6.45) is 4.51. The van der Waals surface area contributed by atoms with Gasteiger partial charge in [-0.15, -0.1) is 0 Å². The van der Waals surface area contributed by atoms with Gasteiger partial charge >= 0.3 is 0 Å². The van der Waals surface area contributed by atoms with Crippen LogP contribution in [0.4, 0.5) is 0 Å². The summed E-state index contributed by atoms with van der Waals surface area (Å²) in [6, 6.07) is 0. The number of carbonyl (C=O) groups excluding carboxylic acids is 1. The molecule has 0 atom stereocenters. The van der Waals surface area contributed by atoms with Crippen LogP contribution in [0.15, 0.2) is 0 Å². The molecule has 1 aliphatic rings. The van der Waals surface area contributed by atoms with Crippen molar-refractivity contribution >= 4 is 5.78 Å². The molecule has 0 saturated heterocycles. The predicted molar refractivity (Wildman–Crippen MR) is 68.3 cm³/mol. The molecule has 0 amide bonds. The largest absolute Gasteiger partial charge is 0.293 e. The molecule has 3 heteroatoms. The summed E-state index contributed by atoms with van der Waals surface area (Å²) < 4.78 is 2.07. The number of nitrogens with zero attached hydrogens (tertiary/aromatic N) is 2. The van der Waals surface area contributed by atoms with E-state index in [0.717, 1.165) is 19.4 Å². The molecule has 0 bridgehead atoms. The van der Waals surface area contributed by atoms with Crippen molar-refractivity contribution in [1.29, 1.82) is 0 Å². The van der Waals surface area contributed by atoms with Crippen molar-refractivity contribution in [3.05, 3.63) is 17.0 Å². The summed E-state index contributed by atoms with van der Waals surface area (Å²) in [5.74, 6) is 0.107. The minimum atomic E-state index is 0.107. The van der Waals surface area contributed by atoms with Crippen LogP contribution in [0.3, 0.4) is 0 Å². The zero-order valence-electron chi connectivity index (χ0n) is 11.3. The van der Waals surface area contributed by atoms with E-state index in [-0.39, 0.29) is 11.2 Å². The average Bonchev–Trinajstić information content (AvgIpc) is 2.55. The summed E-state index contributed by atoms with van der Waals surface area (Å²) >= 11 is 0. The van der Waals surface area contributed by atoms with E-state index in [1.165, 1.54) is 24.1 Å². The third-order valence-electron chi connectivity index (χ3n) is 3.21. The third kappa shape index (κ3) is 2.59. The molecule has 0 N–H and O–H groups in total. The number of ketones is 1. The summed E-state index contributed by atoms with van der Waals surface area (Å²) in [4.78, 5) is 11.6. The number of hydrogen-bond acceptors (Lipinski definition) is 2. The van der Waals surface area contributed by atoms with Gasteiger partial charge in [0.2, 0.25) is 0 Å². The lowest BCUT2D eigenvalue weighted by Gasteiger charge is -2.21. The predicted octanol–water partition coefficient (Wildman–Crippen LogP) is 3.01. The Morgan fingerprint density at radius 2 is 1.94 bits per heavy atom. The highest BCUT2D eigenvalue weighted by molar-refractivity contribution is 5.93. The Bertz CT molecular complexity index is 438. The molecular weight excluding hydrogens is 212 g/mol. The van der Waals surface area contributed by atoms with Crippen LogP contribution >= 0.6 is 0 Å². The maximum absolute atomic E-state index is 11.6. The van der Waals surface area contributed by atoms with Crippen molar-refractivity contribution in [1.82, 2.24) is 9.78 Å². The number of Topliss-reactive ketones (excluding diaryl/α,β-unsaturated/α-hetero) is 1. The lowest BCUT2D eigenvalue weighted by molar-refractivity contribution is 0.101. The number of aromatic nitrogens is 2. The Morgan fingerprint density at radius 1 is 1.29 bits per heavy atom. The van der Waals surface area contributed by atoms with Crippen LogP contribution in [0.5, 0.6) is 0 Å². The normalized spacial score (nSPS) is 15.8. The van der Waals surface area contributed by atoms with Crippen LogP contribution in [0.2, 0.25) is 0 Å². The maximum Gasteiger partial charge on any atom is 0.180 e. The second kappa shape index (κ2) is 4.28. The number of fused-ring (bicyclic) bond motifs is 1. The topological polar surface area (TPSA) is 34.9 Å². The summed E-state index contributed by atoms with van der Waals surface area (Å²) in [5, 5.41) is 4.54. The highest BCUT2D eigenvalue weighted by atomic mass is 16.1. The van der Waals surface area contributed by atoms with Gasteiger partial charge < -0.3 is 0 Å². The standard InChI is InChI=1S/C14H22N2O/c1-10(17)13-11-7-5-6-8-12(11)16(15-13)9-14(2,3)4/h5-9H2,1-4H3. The molecule has 3 nitrogen and oxygen atoms in total. The van der Waals surface area contributed by atoms with Crippen LogP contribution in [0.1, 0.15) is 62.3 Å². The van der Waals surface area contributed by atoms with Gasteiger partial charge in [0.1, 0.15) is 5.69 Å². The zero-order valence-corrected chi connectivity index (χ0v) is 11.3. The van der Waals surface area contributed by atoms with Gasteiger partial charge in [0.15, 0.2) is 5.78 Å². The molecule has 0 unspecified atom stereocenters. The first kappa shape index (κ1) is 12.3. The van der Waals surface area contributed by atoms with Crippen LogP contribution in [-0.2, 0) is 19.4 Å². The zero-order chi connectivity index (χ0) is 12.6. The molecule has 0 aromatic carbocycles. The van der Waals surface area contributed by atoms with Gasteiger partial charge in [-0.25, -0.2) is 0 Å². The number of carbonyl (C=O) groups is 1. The molecular formula is C14H22N2O. The van der Waals surface area contributed by atoms with Crippen molar-refractivity contribution < 1.29 is 4.79 Å². The van der Waals surface area contributed by atoms with Gasteiger partial charge in [-0.3, -0.25) is 9.48 Å². The Balaban J connectivity index is 2.42. The lowest BCUT2D eigenvalue weighted by Crippen LogP contribution is -2.19. The first-order chi connectivity index (χ1) is 7.88. The van der Waals surface area contributed by atoms with Gasteiger partial charge in [-0.05, 0) is 31.1 Å².